The quantitative estimate of drug-likeness (QED) is 0.767. The Morgan fingerprint density at radius 2 is 2.41 bits per heavy atom. The van der Waals surface area contributed by atoms with E-state index in [2.05, 4.69) is 5.32 Å². The molecular formula is C12H14N2O3. The number of aliphatic hydroxyl groups is 1. The zero-order valence-corrected chi connectivity index (χ0v) is 9.51. The van der Waals surface area contributed by atoms with E-state index in [1.54, 1.807) is 18.2 Å². The first-order valence-corrected chi connectivity index (χ1v) is 5.12. The molecule has 0 radical (unpaired) electrons. The number of benzene rings is 1. The molecule has 2 N–H and O–H groups in total. The average molecular weight is 234 g/mol. The topological polar surface area (TPSA) is 82.3 Å². The Morgan fingerprint density at radius 3 is 3.06 bits per heavy atom. The van der Waals surface area contributed by atoms with Crippen molar-refractivity contribution < 1.29 is 14.6 Å². The van der Waals surface area contributed by atoms with Gasteiger partial charge in [0.05, 0.1) is 24.3 Å². The molecule has 0 heterocycles. The van der Waals surface area contributed by atoms with Gasteiger partial charge in [-0.05, 0) is 18.2 Å². The summed E-state index contributed by atoms with van der Waals surface area (Å²) in [7, 11) is 1.47. The van der Waals surface area contributed by atoms with Gasteiger partial charge < -0.3 is 15.2 Å². The van der Waals surface area contributed by atoms with Crippen molar-refractivity contribution in [2.24, 2.45) is 0 Å². The number of nitrogens with zero attached hydrogens (tertiary/aromatic N) is 1. The summed E-state index contributed by atoms with van der Waals surface area (Å²) in [4.78, 5) is 11.6. The number of amides is 1. The van der Waals surface area contributed by atoms with E-state index in [-0.39, 0.29) is 19.1 Å². The number of nitriles is 1. The van der Waals surface area contributed by atoms with Gasteiger partial charge in [0.2, 0.25) is 0 Å². The molecular weight excluding hydrogens is 220 g/mol. The van der Waals surface area contributed by atoms with Gasteiger partial charge in [-0.1, -0.05) is 6.07 Å². The number of carbonyl (C=O) groups excluding carboxylic acids is 1. The van der Waals surface area contributed by atoms with Crippen LogP contribution in [-0.2, 0) is 4.74 Å². The lowest BCUT2D eigenvalue weighted by molar-refractivity contribution is 0.0610. The molecule has 0 saturated heterocycles. The second-order valence-electron chi connectivity index (χ2n) is 3.51. The Kier molecular flexibility index (Phi) is 5.14. The van der Waals surface area contributed by atoms with Gasteiger partial charge in [-0.2, -0.15) is 5.26 Å². The van der Waals surface area contributed by atoms with Crippen LogP contribution in [-0.4, -0.2) is 37.4 Å². The summed E-state index contributed by atoms with van der Waals surface area (Å²) in [6, 6.07) is 8.33. The van der Waals surface area contributed by atoms with Gasteiger partial charge in [-0.25, -0.2) is 0 Å². The van der Waals surface area contributed by atoms with Gasteiger partial charge in [0.15, 0.2) is 0 Å². The predicted octanol–water partition coefficient (Wildman–Crippen LogP) is 0.295. The first-order valence-electron chi connectivity index (χ1n) is 5.12. The molecule has 0 aliphatic rings. The largest absolute Gasteiger partial charge is 0.389 e. The van der Waals surface area contributed by atoms with E-state index in [1.807, 2.05) is 6.07 Å². The van der Waals surface area contributed by atoms with E-state index < -0.39 is 6.10 Å². The maximum Gasteiger partial charge on any atom is 0.251 e. The lowest BCUT2D eigenvalue weighted by atomic mass is 10.1. The molecule has 1 unspecified atom stereocenters. The minimum Gasteiger partial charge on any atom is -0.389 e. The van der Waals surface area contributed by atoms with Crippen molar-refractivity contribution in [2.75, 3.05) is 20.3 Å². The number of carbonyl (C=O) groups is 1. The van der Waals surface area contributed by atoms with Crippen LogP contribution < -0.4 is 5.32 Å². The molecule has 1 aromatic rings. The van der Waals surface area contributed by atoms with Crippen LogP contribution >= 0.6 is 0 Å². The highest BCUT2D eigenvalue weighted by Gasteiger charge is 2.09. The summed E-state index contributed by atoms with van der Waals surface area (Å²) in [5, 5.41) is 20.6. The minimum absolute atomic E-state index is 0.115. The predicted molar refractivity (Wildman–Crippen MR) is 61.4 cm³/mol. The van der Waals surface area contributed by atoms with Crippen LogP contribution in [0.15, 0.2) is 24.3 Å². The molecule has 1 atom stereocenters. The Balaban J connectivity index is 2.55. The van der Waals surface area contributed by atoms with Gasteiger partial charge in [0.25, 0.3) is 5.91 Å². The summed E-state index contributed by atoms with van der Waals surface area (Å²) < 4.78 is 4.73. The van der Waals surface area contributed by atoms with Gasteiger partial charge in [-0.15, -0.1) is 0 Å². The van der Waals surface area contributed by atoms with Gasteiger partial charge >= 0.3 is 0 Å². The van der Waals surface area contributed by atoms with Crippen molar-refractivity contribution in [3.63, 3.8) is 0 Å². The van der Waals surface area contributed by atoms with Crippen LogP contribution in [0.5, 0.6) is 0 Å². The highest BCUT2D eigenvalue weighted by Crippen LogP contribution is 2.03. The molecule has 0 fully saturated rings. The molecule has 5 nitrogen and oxygen atoms in total. The Morgan fingerprint density at radius 1 is 1.65 bits per heavy atom. The highest BCUT2D eigenvalue weighted by molar-refractivity contribution is 5.94. The van der Waals surface area contributed by atoms with Crippen molar-refractivity contribution in [3.05, 3.63) is 35.4 Å². The number of nitrogens with one attached hydrogen (secondary N) is 1. The summed E-state index contributed by atoms with van der Waals surface area (Å²) in [6.07, 6.45) is -0.733. The highest BCUT2D eigenvalue weighted by atomic mass is 16.5. The van der Waals surface area contributed by atoms with Crippen molar-refractivity contribution in [1.29, 1.82) is 5.26 Å². The number of aliphatic hydroxyl groups excluding tert-OH is 1. The van der Waals surface area contributed by atoms with Crippen LogP contribution in [0.2, 0.25) is 0 Å². The molecule has 0 aliphatic carbocycles. The average Bonchev–Trinajstić information content (AvgIpc) is 2.36. The van der Waals surface area contributed by atoms with Crippen LogP contribution in [0.25, 0.3) is 0 Å². The monoisotopic (exact) mass is 234 g/mol. The minimum atomic E-state index is -0.733. The van der Waals surface area contributed by atoms with E-state index in [4.69, 9.17) is 10.00 Å². The smallest absolute Gasteiger partial charge is 0.251 e. The van der Waals surface area contributed by atoms with Gasteiger partial charge in [0, 0.05) is 19.2 Å². The Bertz CT molecular complexity index is 426. The fourth-order valence-corrected chi connectivity index (χ4v) is 1.29. The van der Waals surface area contributed by atoms with E-state index >= 15 is 0 Å². The fraction of sp³-hybridized carbons (Fsp3) is 0.333. The first kappa shape index (κ1) is 13.2. The van der Waals surface area contributed by atoms with E-state index in [9.17, 15) is 9.90 Å². The first-order chi connectivity index (χ1) is 8.17. The van der Waals surface area contributed by atoms with Crippen LogP contribution in [0.1, 0.15) is 15.9 Å². The third-order valence-electron chi connectivity index (χ3n) is 2.11. The van der Waals surface area contributed by atoms with E-state index in [0.29, 0.717) is 11.1 Å². The van der Waals surface area contributed by atoms with E-state index in [1.165, 1.54) is 13.2 Å². The maximum atomic E-state index is 11.6. The standard InChI is InChI=1S/C12H14N2O3/c1-17-8-11(15)7-14-12(16)10-4-2-3-9(5-10)6-13/h2-5,11,15H,7-8H2,1H3,(H,14,16). The number of rotatable bonds is 5. The van der Waals surface area contributed by atoms with Crippen molar-refractivity contribution in [2.45, 2.75) is 6.10 Å². The second kappa shape index (κ2) is 6.63. The van der Waals surface area contributed by atoms with Crippen molar-refractivity contribution in [3.8, 4) is 6.07 Å². The van der Waals surface area contributed by atoms with Gasteiger partial charge in [0.1, 0.15) is 0 Å². The number of hydrogen-bond donors (Lipinski definition) is 2. The molecule has 1 aromatic carbocycles. The molecule has 0 aromatic heterocycles. The molecule has 5 heteroatoms. The molecule has 1 rings (SSSR count). The maximum absolute atomic E-state index is 11.6. The van der Waals surface area contributed by atoms with Crippen LogP contribution in [0, 0.1) is 11.3 Å². The zero-order chi connectivity index (χ0) is 12.7. The molecule has 90 valence electrons. The van der Waals surface area contributed by atoms with E-state index in [0.717, 1.165) is 0 Å². The molecule has 0 bridgehead atoms. The SMILES string of the molecule is COCC(O)CNC(=O)c1cccc(C#N)c1. The molecule has 1 amide bonds. The summed E-state index contributed by atoms with van der Waals surface area (Å²) in [5.74, 6) is -0.322. The van der Waals surface area contributed by atoms with Crippen molar-refractivity contribution in [1.82, 2.24) is 5.32 Å². The van der Waals surface area contributed by atoms with Crippen molar-refractivity contribution >= 4 is 5.91 Å². The third-order valence-corrected chi connectivity index (χ3v) is 2.11. The molecule has 0 saturated carbocycles. The zero-order valence-electron chi connectivity index (χ0n) is 9.51. The molecule has 0 aliphatic heterocycles. The molecule has 0 spiro atoms. The summed E-state index contributed by atoms with van der Waals surface area (Å²) in [5.41, 5.74) is 0.823. The number of methoxy groups -OCH3 is 1. The Labute approximate surface area is 99.6 Å². The summed E-state index contributed by atoms with van der Waals surface area (Å²) in [6.45, 7) is 0.280. The fourth-order valence-electron chi connectivity index (χ4n) is 1.29. The van der Waals surface area contributed by atoms with Crippen LogP contribution in [0.3, 0.4) is 0 Å². The second-order valence-corrected chi connectivity index (χ2v) is 3.51. The Hall–Kier alpha value is -1.90. The number of ether oxygens (including phenoxy) is 1. The normalized spacial score (nSPS) is 11.6. The lowest BCUT2D eigenvalue weighted by Crippen LogP contribution is -2.34. The third kappa shape index (κ3) is 4.23. The van der Waals surface area contributed by atoms with Gasteiger partial charge in [-0.3, -0.25) is 4.79 Å². The lowest BCUT2D eigenvalue weighted by Gasteiger charge is -2.10. The molecule has 17 heavy (non-hydrogen) atoms. The summed E-state index contributed by atoms with van der Waals surface area (Å²) >= 11 is 0. The number of hydrogen-bond acceptors (Lipinski definition) is 4. The van der Waals surface area contributed by atoms with Crippen LogP contribution in [0.4, 0.5) is 0 Å².